The third-order valence-corrected chi connectivity index (χ3v) is 4.97. The van der Waals surface area contributed by atoms with E-state index in [0.717, 1.165) is 15.3 Å². The summed E-state index contributed by atoms with van der Waals surface area (Å²) in [6.07, 6.45) is 1.52. The maximum atomic E-state index is 12.6. The van der Waals surface area contributed by atoms with Gasteiger partial charge < -0.3 is 4.74 Å². The zero-order valence-electron chi connectivity index (χ0n) is 12.3. The highest BCUT2D eigenvalue weighted by Crippen LogP contribution is 2.26. The van der Waals surface area contributed by atoms with Gasteiger partial charge in [0.25, 0.3) is 5.56 Å². The topological polar surface area (TPSA) is 61.2 Å². The second-order valence-corrected chi connectivity index (χ2v) is 6.18. The fraction of sp³-hybridized carbons (Fsp3) is 0.500. The second kappa shape index (κ2) is 5.36. The Labute approximate surface area is 121 Å². The molecule has 5 nitrogen and oxygen atoms in total. The van der Waals surface area contributed by atoms with Gasteiger partial charge in [-0.05, 0) is 33.3 Å². The molecular weight excluding hydrogens is 276 g/mol. The molecule has 2 unspecified atom stereocenters. The minimum atomic E-state index is -0.406. The van der Waals surface area contributed by atoms with Gasteiger partial charge in [-0.1, -0.05) is 0 Å². The Balaban J connectivity index is 2.56. The summed E-state index contributed by atoms with van der Waals surface area (Å²) >= 11 is 1.52. The number of aryl methyl sites for hydroxylation is 2. The zero-order valence-corrected chi connectivity index (χ0v) is 13.1. The number of aromatic nitrogens is 2. The summed E-state index contributed by atoms with van der Waals surface area (Å²) in [6, 6.07) is -0.300. The molecule has 0 fully saturated rings. The number of rotatable bonds is 3. The van der Waals surface area contributed by atoms with Crippen molar-refractivity contribution in [1.29, 1.82) is 0 Å². The molecule has 0 bridgehead atoms. The van der Waals surface area contributed by atoms with Gasteiger partial charge in [0.1, 0.15) is 4.83 Å². The highest BCUT2D eigenvalue weighted by atomic mass is 32.1. The van der Waals surface area contributed by atoms with Gasteiger partial charge in [-0.3, -0.25) is 14.2 Å². The van der Waals surface area contributed by atoms with E-state index in [4.69, 9.17) is 4.74 Å². The summed E-state index contributed by atoms with van der Waals surface area (Å²) in [7, 11) is 1.35. The Kier molecular flexibility index (Phi) is 3.94. The highest BCUT2D eigenvalue weighted by molar-refractivity contribution is 7.18. The molecule has 0 amide bonds. The first-order valence-corrected chi connectivity index (χ1v) is 7.24. The smallest absolute Gasteiger partial charge is 0.310 e. The van der Waals surface area contributed by atoms with Crippen LogP contribution in [0.15, 0.2) is 11.1 Å². The SMILES string of the molecule is COC(=O)C(C)C(C)n1cnc2sc(C)c(C)c2c1=O. The number of fused-ring (bicyclic) bond motifs is 1. The van der Waals surface area contributed by atoms with Crippen LogP contribution in [0.5, 0.6) is 0 Å². The Morgan fingerprint density at radius 1 is 1.40 bits per heavy atom. The molecule has 0 aliphatic carbocycles. The van der Waals surface area contributed by atoms with Crippen LogP contribution in [0.1, 0.15) is 30.3 Å². The van der Waals surface area contributed by atoms with Crippen molar-refractivity contribution in [2.45, 2.75) is 33.7 Å². The van der Waals surface area contributed by atoms with E-state index in [1.807, 2.05) is 20.8 Å². The highest BCUT2D eigenvalue weighted by Gasteiger charge is 2.24. The monoisotopic (exact) mass is 294 g/mol. The molecule has 2 atom stereocenters. The maximum absolute atomic E-state index is 12.6. The van der Waals surface area contributed by atoms with Crippen molar-refractivity contribution in [2.75, 3.05) is 7.11 Å². The molecule has 0 saturated heterocycles. The molecule has 6 heteroatoms. The Hall–Kier alpha value is -1.69. The summed E-state index contributed by atoms with van der Waals surface area (Å²) in [5, 5.41) is 0.652. The number of carbonyl (C=O) groups is 1. The van der Waals surface area contributed by atoms with Gasteiger partial charge in [0, 0.05) is 10.9 Å². The summed E-state index contributed by atoms with van der Waals surface area (Å²) in [6.45, 7) is 7.48. The van der Waals surface area contributed by atoms with Crippen LogP contribution < -0.4 is 5.56 Å². The van der Waals surface area contributed by atoms with Crippen LogP contribution in [0.3, 0.4) is 0 Å². The molecule has 2 aromatic heterocycles. The first kappa shape index (κ1) is 14.7. The van der Waals surface area contributed by atoms with Gasteiger partial charge in [-0.2, -0.15) is 0 Å². The van der Waals surface area contributed by atoms with Crippen LogP contribution in [0.25, 0.3) is 10.2 Å². The number of esters is 1. The third kappa shape index (κ3) is 2.24. The molecule has 0 aliphatic rings. The summed E-state index contributed by atoms with van der Waals surface area (Å²) in [5.74, 6) is -0.736. The van der Waals surface area contributed by atoms with Crippen molar-refractivity contribution in [3.8, 4) is 0 Å². The van der Waals surface area contributed by atoms with Crippen molar-refractivity contribution in [3.05, 3.63) is 27.1 Å². The molecule has 0 aromatic carbocycles. The normalized spacial score (nSPS) is 14.2. The lowest BCUT2D eigenvalue weighted by atomic mass is 10.0. The Morgan fingerprint density at radius 3 is 2.65 bits per heavy atom. The van der Waals surface area contributed by atoms with Gasteiger partial charge >= 0.3 is 5.97 Å². The van der Waals surface area contributed by atoms with Crippen LogP contribution in [0, 0.1) is 19.8 Å². The number of thiophene rings is 1. The Morgan fingerprint density at radius 2 is 2.05 bits per heavy atom. The molecule has 2 rings (SSSR count). The number of methoxy groups -OCH3 is 1. The van der Waals surface area contributed by atoms with E-state index in [2.05, 4.69) is 4.98 Å². The van der Waals surface area contributed by atoms with Gasteiger partial charge in [0.2, 0.25) is 0 Å². The number of carbonyl (C=O) groups excluding carboxylic acids is 1. The summed E-state index contributed by atoms with van der Waals surface area (Å²) in [4.78, 5) is 30.4. The van der Waals surface area contributed by atoms with E-state index >= 15 is 0 Å². The van der Waals surface area contributed by atoms with E-state index in [9.17, 15) is 9.59 Å². The van der Waals surface area contributed by atoms with Crippen molar-refractivity contribution >= 4 is 27.5 Å². The maximum Gasteiger partial charge on any atom is 0.310 e. The molecule has 2 heterocycles. The average Bonchev–Trinajstić information content (AvgIpc) is 2.73. The largest absolute Gasteiger partial charge is 0.469 e. The van der Waals surface area contributed by atoms with Crippen molar-refractivity contribution < 1.29 is 9.53 Å². The van der Waals surface area contributed by atoms with Crippen LogP contribution in [0.4, 0.5) is 0 Å². The van der Waals surface area contributed by atoms with E-state index in [-0.39, 0.29) is 17.6 Å². The van der Waals surface area contributed by atoms with Crippen LogP contribution in [0.2, 0.25) is 0 Å². The van der Waals surface area contributed by atoms with Gasteiger partial charge in [0.15, 0.2) is 0 Å². The fourth-order valence-electron chi connectivity index (χ4n) is 2.16. The molecule has 0 aliphatic heterocycles. The predicted octanol–water partition coefficient (Wildman–Crippen LogP) is 2.44. The minimum Gasteiger partial charge on any atom is -0.469 e. The quantitative estimate of drug-likeness (QED) is 0.816. The predicted molar refractivity (Wildman–Crippen MR) is 79.2 cm³/mol. The fourth-order valence-corrected chi connectivity index (χ4v) is 3.15. The molecule has 20 heavy (non-hydrogen) atoms. The van der Waals surface area contributed by atoms with Crippen LogP contribution in [-0.2, 0) is 9.53 Å². The summed E-state index contributed by atoms with van der Waals surface area (Å²) in [5.41, 5.74) is 0.870. The number of nitrogens with zero attached hydrogens (tertiary/aromatic N) is 2. The standard InChI is InChI=1S/C14H18N2O3S/c1-7(14(18)19-5)9(3)16-6-15-12-11(13(16)17)8(2)10(4)20-12/h6-7,9H,1-5H3. The number of hydrogen-bond acceptors (Lipinski definition) is 5. The molecule has 0 saturated carbocycles. The molecule has 0 N–H and O–H groups in total. The average molecular weight is 294 g/mol. The second-order valence-electron chi connectivity index (χ2n) is 4.97. The first-order valence-electron chi connectivity index (χ1n) is 6.43. The molecule has 0 spiro atoms. The van der Waals surface area contributed by atoms with Crippen molar-refractivity contribution in [1.82, 2.24) is 9.55 Å². The third-order valence-electron chi connectivity index (χ3n) is 3.85. The van der Waals surface area contributed by atoms with Crippen LogP contribution >= 0.6 is 11.3 Å². The summed E-state index contributed by atoms with van der Waals surface area (Å²) < 4.78 is 6.25. The van der Waals surface area contributed by atoms with Gasteiger partial charge in [-0.25, -0.2) is 4.98 Å². The lowest BCUT2D eigenvalue weighted by Crippen LogP contribution is -2.31. The van der Waals surface area contributed by atoms with Crippen molar-refractivity contribution in [2.24, 2.45) is 5.92 Å². The Bertz CT molecular complexity index is 717. The lowest BCUT2D eigenvalue weighted by molar-refractivity contribution is -0.146. The molecule has 2 aromatic rings. The van der Waals surface area contributed by atoms with E-state index in [0.29, 0.717) is 5.39 Å². The lowest BCUT2D eigenvalue weighted by Gasteiger charge is -2.19. The number of hydrogen-bond donors (Lipinski definition) is 0. The van der Waals surface area contributed by atoms with Crippen LogP contribution in [-0.4, -0.2) is 22.6 Å². The first-order chi connectivity index (χ1) is 9.38. The minimum absolute atomic E-state index is 0.0971. The molecule has 108 valence electrons. The van der Waals surface area contributed by atoms with E-state index in [1.165, 1.54) is 29.3 Å². The molecular formula is C14H18N2O3S. The van der Waals surface area contributed by atoms with Crippen molar-refractivity contribution in [3.63, 3.8) is 0 Å². The van der Waals surface area contributed by atoms with Gasteiger partial charge in [-0.15, -0.1) is 11.3 Å². The van der Waals surface area contributed by atoms with Gasteiger partial charge in [0.05, 0.1) is 24.7 Å². The zero-order chi connectivity index (χ0) is 15.0. The number of ether oxygens (including phenoxy) is 1. The molecule has 0 radical (unpaired) electrons. The van der Waals surface area contributed by atoms with E-state index in [1.54, 1.807) is 6.92 Å². The van der Waals surface area contributed by atoms with E-state index < -0.39 is 5.92 Å².